The van der Waals surface area contributed by atoms with Gasteiger partial charge in [0, 0.05) is 30.5 Å². The second-order valence-corrected chi connectivity index (χ2v) is 8.15. The Balaban J connectivity index is 1.48. The largest absolute Gasteiger partial charge is 0.356 e. The first-order valence-electron chi connectivity index (χ1n) is 10.4. The van der Waals surface area contributed by atoms with Crippen molar-refractivity contribution in [1.29, 1.82) is 0 Å². The van der Waals surface area contributed by atoms with Crippen LogP contribution in [0.1, 0.15) is 35.4 Å². The fraction of sp³-hybridized carbons (Fsp3) is 0.391. The predicted molar refractivity (Wildman–Crippen MR) is 118 cm³/mol. The molecule has 1 aromatic carbocycles. The molecule has 0 aliphatic carbocycles. The molecular weight excluding hydrogens is 376 g/mol. The van der Waals surface area contributed by atoms with E-state index in [1.807, 2.05) is 48.9 Å². The Kier molecular flexibility index (Phi) is 5.53. The maximum absolute atomic E-state index is 12.9. The normalized spacial score (nSPS) is 16.5. The van der Waals surface area contributed by atoms with Crippen molar-refractivity contribution >= 4 is 17.4 Å². The van der Waals surface area contributed by atoms with Gasteiger partial charge in [-0.3, -0.25) is 4.79 Å². The summed E-state index contributed by atoms with van der Waals surface area (Å²) in [5, 5.41) is 7.60. The van der Waals surface area contributed by atoms with Crippen LogP contribution in [0.3, 0.4) is 0 Å². The second-order valence-electron chi connectivity index (χ2n) is 8.15. The van der Waals surface area contributed by atoms with Gasteiger partial charge in [-0.15, -0.1) is 0 Å². The minimum atomic E-state index is -0.0764. The molecule has 0 saturated carbocycles. The van der Waals surface area contributed by atoms with Crippen LogP contribution in [0.4, 0.5) is 11.5 Å². The molecule has 1 fully saturated rings. The summed E-state index contributed by atoms with van der Waals surface area (Å²) in [5.41, 5.74) is 5.24. The third-order valence-electron chi connectivity index (χ3n) is 5.76. The minimum Gasteiger partial charge on any atom is -0.356 e. The lowest BCUT2D eigenvalue weighted by Gasteiger charge is -2.33. The first-order valence-corrected chi connectivity index (χ1v) is 10.4. The van der Waals surface area contributed by atoms with Gasteiger partial charge in [0.1, 0.15) is 12.1 Å². The number of hydrogen-bond acceptors (Lipinski definition) is 5. The summed E-state index contributed by atoms with van der Waals surface area (Å²) >= 11 is 0. The minimum absolute atomic E-state index is 0.0655. The summed E-state index contributed by atoms with van der Waals surface area (Å²) < 4.78 is 1.83. The Hall–Kier alpha value is -3.22. The molecule has 0 spiro atoms. The molecule has 1 saturated heterocycles. The van der Waals surface area contributed by atoms with Crippen LogP contribution in [-0.2, 0) is 4.79 Å². The molecule has 3 aromatic rings. The van der Waals surface area contributed by atoms with Crippen LogP contribution in [0, 0.1) is 33.6 Å². The van der Waals surface area contributed by atoms with E-state index in [1.165, 1.54) is 11.1 Å². The molecule has 156 valence electrons. The first-order chi connectivity index (χ1) is 14.4. The van der Waals surface area contributed by atoms with Gasteiger partial charge in [-0.1, -0.05) is 6.07 Å². The third-order valence-corrected chi connectivity index (χ3v) is 5.76. The lowest BCUT2D eigenvalue weighted by Crippen LogP contribution is -2.41. The number of rotatable bonds is 4. The quantitative estimate of drug-likeness (QED) is 0.717. The van der Waals surface area contributed by atoms with E-state index in [4.69, 9.17) is 0 Å². The lowest BCUT2D eigenvalue weighted by atomic mass is 9.97. The summed E-state index contributed by atoms with van der Waals surface area (Å²) in [5.74, 6) is 1.56. The van der Waals surface area contributed by atoms with E-state index in [2.05, 4.69) is 39.1 Å². The number of hydrogen-bond donors (Lipinski definition) is 1. The van der Waals surface area contributed by atoms with Crippen LogP contribution in [0.5, 0.6) is 0 Å². The van der Waals surface area contributed by atoms with Gasteiger partial charge in [-0.2, -0.15) is 5.10 Å². The van der Waals surface area contributed by atoms with Crippen molar-refractivity contribution in [2.45, 2.75) is 40.5 Å². The number of piperidine rings is 1. The Morgan fingerprint density at radius 3 is 2.57 bits per heavy atom. The standard InChI is InChI=1S/C23H28N6O/c1-15-7-8-20(10-16(15)2)26-23(30)19-6-5-9-28(13-19)21-12-22(25-14-24-21)29-18(4)11-17(3)27-29/h7-8,10-12,14,19H,5-6,9,13H2,1-4H3,(H,26,30). The van der Waals surface area contributed by atoms with Crippen LogP contribution in [0.25, 0.3) is 5.82 Å². The SMILES string of the molecule is Cc1cc(C)n(-c2cc(N3CCCC(C(=O)Nc4ccc(C)c(C)c4)C3)ncn2)n1. The lowest BCUT2D eigenvalue weighted by molar-refractivity contribution is -0.120. The Morgan fingerprint density at radius 1 is 1.03 bits per heavy atom. The van der Waals surface area contributed by atoms with Crippen LogP contribution < -0.4 is 10.2 Å². The number of amides is 1. The van der Waals surface area contributed by atoms with Crippen molar-refractivity contribution in [3.8, 4) is 5.82 Å². The van der Waals surface area contributed by atoms with E-state index in [-0.39, 0.29) is 11.8 Å². The maximum atomic E-state index is 12.9. The number of aromatic nitrogens is 4. The maximum Gasteiger partial charge on any atom is 0.229 e. The highest BCUT2D eigenvalue weighted by atomic mass is 16.1. The highest BCUT2D eigenvalue weighted by Gasteiger charge is 2.27. The molecule has 30 heavy (non-hydrogen) atoms. The van der Waals surface area contributed by atoms with Crippen molar-refractivity contribution in [3.63, 3.8) is 0 Å². The fourth-order valence-electron chi connectivity index (χ4n) is 3.95. The number of carbonyl (C=O) groups excluding carboxylic acids is 1. The number of aryl methyl sites for hydroxylation is 4. The zero-order valence-corrected chi connectivity index (χ0v) is 18.0. The molecule has 4 rings (SSSR count). The van der Waals surface area contributed by atoms with E-state index >= 15 is 0 Å². The van der Waals surface area contributed by atoms with Gasteiger partial charge in [-0.05, 0) is 69.9 Å². The Morgan fingerprint density at radius 2 is 1.83 bits per heavy atom. The molecule has 1 N–H and O–H groups in total. The summed E-state index contributed by atoms with van der Waals surface area (Å²) in [6.45, 7) is 9.63. The predicted octanol–water partition coefficient (Wildman–Crippen LogP) is 3.75. The molecule has 0 bridgehead atoms. The number of nitrogens with one attached hydrogen (secondary N) is 1. The first kappa shape index (κ1) is 20.1. The number of anilines is 2. The van der Waals surface area contributed by atoms with Crippen molar-refractivity contribution in [2.75, 3.05) is 23.3 Å². The summed E-state index contributed by atoms with van der Waals surface area (Å²) in [4.78, 5) is 23.9. The van der Waals surface area contributed by atoms with Gasteiger partial charge >= 0.3 is 0 Å². The van der Waals surface area contributed by atoms with Gasteiger partial charge in [-0.25, -0.2) is 14.6 Å². The van der Waals surface area contributed by atoms with Crippen LogP contribution in [0.2, 0.25) is 0 Å². The molecule has 3 heterocycles. The van der Waals surface area contributed by atoms with E-state index in [1.54, 1.807) is 6.33 Å². The smallest absolute Gasteiger partial charge is 0.229 e. The highest BCUT2D eigenvalue weighted by Crippen LogP contribution is 2.24. The monoisotopic (exact) mass is 404 g/mol. The van der Waals surface area contributed by atoms with Crippen molar-refractivity contribution in [3.05, 3.63) is 59.2 Å². The average Bonchev–Trinajstić information content (AvgIpc) is 3.09. The molecule has 1 aliphatic rings. The van der Waals surface area contributed by atoms with E-state index < -0.39 is 0 Å². The molecule has 1 unspecified atom stereocenters. The molecule has 2 aromatic heterocycles. The summed E-state index contributed by atoms with van der Waals surface area (Å²) in [6, 6.07) is 10.0. The number of benzene rings is 1. The average molecular weight is 405 g/mol. The molecule has 0 radical (unpaired) electrons. The number of carbonyl (C=O) groups is 1. The Bertz CT molecular complexity index is 1070. The Labute approximate surface area is 177 Å². The van der Waals surface area contributed by atoms with Crippen molar-refractivity contribution < 1.29 is 4.79 Å². The zero-order chi connectivity index (χ0) is 21.3. The highest BCUT2D eigenvalue weighted by molar-refractivity contribution is 5.93. The molecule has 7 heteroatoms. The van der Waals surface area contributed by atoms with Crippen molar-refractivity contribution in [1.82, 2.24) is 19.7 Å². The molecule has 1 atom stereocenters. The van der Waals surface area contributed by atoms with Crippen LogP contribution >= 0.6 is 0 Å². The van der Waals surface area contributed by atoms with Gasteiger partial charge < -0.3 is 10.2 Å². The van der Waals surface area contributed by atoms with Gasteiger partial charge in [0.15, 0.2) is 5.82 Å². The third kappa shape index (κ3) is 4.20. The van der Waals surface area contributed by atoms with Gasteiger partial charge in [0.25, 0.3) is 0 Å². The molecule has 1 aliphatic heterocycles. The fourth-order valence-corrected chi connectivity index (χ4v) is 3.95. The van der Waals surface area contributed by atoms with E-state index in [9.17, 15) is 4.79 Å². The van der Waals surface area contributed by atoms with E-state index in [0.29, 0.717) is 6.54 Å². The topological polar surface area (TPSA) is 75.9 Å². The summed E-state index contributed by atoms with van der Waals surface area (Å²) in [6.07, 6.45) is 3.40. The number of nitrogens with zero attached hydrogens (tertiary/aromatic N) is 5. The van der Waals surface area contributed by atoms with Crippen LogP contribution in [0.15, 0.2) is 36.7 Å². The molecular formula is C23H28N6O. The van der Waals surface area contributed by atoms with Crippen LogP contribution in [-0.4, -0.2) is 38.7 Å². The molecule has 1 amide bonds. The van der Waals surface area contributed by atoms with Gasteiger partial charge in [0.2, 0.25) is 5.91 Å². The van der Waals surface area contributed by atoms with Gasteiger partial charge in [0.05, 0.1) is 11.6 Å². The zero-order valence-electron chi connectivity index (χ0n) is 18.0. The summed E-state index contributed by atoms with van der Waals surface area (Å²) in [7, 11) is 0. The van der Waals surface area contributed by atoms with Crippen molar-refractivity contribution in [2.24, 2.45) is 5.92 Å². The van der Waals surface area contributed by atoms with E-state index in [0.717, 1.165) is 48.1 Å². The second kappa shape index (κ2) is 8.26. The molecule has 7 nitrogen and oxygen atoms in total.